The number of aromatic nitrogens is 1. The number of hydrazine groups is 1. The lowest BCUT2D eigenvalue weighted by Gasteiger charge is -2.10. The molecule has 0 saturated carbocycles. The molecule has 0 amide bonds. The van der Waals surface area contributed by atoms with Crippen molar-refractivity contribution in [3.8, 4) is 0 Å². The van der Waals surface area contributed by atoms with E-state index in [1.54, 1.807) is 11.3 Å². The van der Waals surface area contributed by atoms with Gasteiger partial charge in [-0.15, -0.1) is 11.3 Å². The predicted octanol–water partition coefficient (Wildman–Crippen LogP) is 1.02. The molecule has 0 spiro atoms. The van der Waals surface area contributed by atoms with Crippen LogP contribution in [0.25, 0.3) is 0 Å². The molecule has 0 aliphatic heterocycles. The third kappa shape index (κ3) is 4.16. The molecular weight excluding hydrogens is 222 g/mol. The van der Waals surface area contributed by atoms with Crippen LogP contribution in [0.15, 0.2) is 10.5 Å². The maximum Gasteiger partial charge on any atom is 0.206 e. The van der Waals surface area contributed by atoms with Crippen molar-refractivity contribution in [1.29, 1.82) is 0 Å². The van der Waals surface area contributed by atoms with Crippen LogP contribution in [0, 0.1) is 12.8 Å². The summed E-state index contributed by atoms with van der Waals surface area (Å²) in [5.74, 6) is 6.57. The van der Waals surface area contributed by atoms with Gasteiger partial charge in [0.25, 0.3) is 0 Å². The lowest BCUT2D eigenvalue weighted by Crippen LogP contribution is -2.42. The molecule has 1 aromatic heterocycles. The molecule has 0 atom stereocenters. The number of nitrogens with two attached hydrogens (primary N) is 1. The third-order valence-electron chi connectivity index (χ3n) is 2.04. The van der Waals surface area contributed by atoms with Crippen molar-refractivity contribution >= 4 is 17.3 Å². The van der Waals surface area contributed by atoms with Gasteiger partial charge in [-0.05, 0) is 12.8 Å². The summed E-state index contributed by atoms with van der Waals surface area (Å²) in [4.78, 5) is 9.69. The Labute approximate surface area is 100 Å². The standard InChI is InChI=1S/C10H19N5S/c1-7(2)4-12-10(15-11)13-5-9-8(3)14-6-16-9/h6-7H,4-5,11H2,1-3H3,(H2,12,13,15). The van der Waals surface area contributed by atoms with E-state index in [2.05, 4.69) is 34.6 Å². The van der Waals surface area contributed by atoms with Gasteiger partial charge in [0.1, 0.15) is 0 Å². The zero-order valence-electron chi connectivity index (χ0n) is 9.95. The van der Waals surface area contributed by atoms with Crippen LogP contribution >= 0.6 is 11.3 Å². The van der Waals surface area contributed by atoms with Crippen molar-refractivity contribution < 1.29 is 0 Å². The van der Waals surface area contributed by atoms with Gasteiger partial charge < -0.3 is 5.32 Å². The molecule has 0 radical (unpaired) electrons. The Morgan fingerprint density at radius 3 is 2.88 bits per heavy atom. The van der Waals surface area contributed by atoms with E-state index >= 15 is 0 Å². The number of hydrogen-bond donors (Lipinski definition) is 3. The first kappa shape index (κ1) is 12.9. The fraction of sp³-hybridized carbons (Fsp3) is 0.600. The number of aryl methyl sites for hydroxylation is 1. The van der Waals surface area contributed by atoms with E-state index in [1.807, 2.05) is 12.4 Å². The van der Waals surface area contributed by atoms with Crippen LogP contribution in [0.3, 0.4) is 0 Å². The van der Waals surface area contributed by atoms with Gasteiger partial charge in [-0.1, -0.05) is 13.8 Å². The summed E-state index contributed by atoms with van der Waals surface area (Å²) >= 11 is 1.61. The van der Waals surface area contributed by atoms with E-state index in [0.29, 0.717) is 18.4 Å². The first-order valence-corrected chi connectivity index (χ1v) is 6.15. The Morgan fingerprint density at radius 1 is 1.62 bits per heavy atom. The van der Waals surface area contributed by atoms with Gasteiger partial charge in [0.15, 0.2) is 0 Å². The third-order valence-corrected chi connectivity index (χ3v) is 2.96. The van der Waals surface area contributed by atoms with Crippen LogP contribution in [0.1, 0.15) is 24.4 Å². The van der Waals surface area contributed by atoms with Crippen LogP contribution < -0.4 is 16.6 Å². The maximum atomic E-state index is 5.38. The van der Waals surface area contributed by atoms with Gasteiger partial charge in [-0.2, -0.15) is 0 Å². The molecule has 1 aromatic rings. The Morgan fingerprint density at radius 2 is 2.38 bits per heavy atom. The quantitative estimate of drug-likeness (QED) is 0.318. The molecule has 0 bridgehead atoms. The maximum absolute atomic E-state index is 5.38. The largest absolute Gasteiger partial charge is 0.355 e. The highest BCUT2D eigenvalue weighted by Crippen LogP contribution is 2.12. The van der Waals surface area contributed by atoms with Gasteiger partial charge in [-0.3, -0.25) is 5.43 Å². The first-order valence-electron chi connectivity index (χ1n) is 5.27. The smallest absolute Gasteiger partial charge is 0.206 e. The molecule has 0 fully saturated rings. The van der Waals surface area contributed by atoms with Crippen molar-refractivity contribution in [2.45, 2.75) is 27.3 Å². The molecule has 0 unspecified atom stereocenters. The molecule has 1 heterocycles. The summed E-state index contributed by atoms with van der Waals surface area (Å²) in [7, 11) is 0. The highest BCUT2D eigenvalue weighted by molar-refractivity contribution is 7.09. The van der Waals surface area contributed by atoms with Crippen LogP contribution in [-0.2, 0) is 6.54 Å². The number of aliphatic imine (C=N–C) groups is 1. The molecular formula is C10H19N5S. The highest BCUT2D eigenvalue weighted by Gasteiger charge is 2.01. The van der Waals surface area contributed by atoms with Gasteiger partial charge in [0.2, 0.25) is 5.96 Å². The van der Waals surface area contributed by atoms with Crippen LogP contribution in [0.4, 0.5) is 0 Å². The zero-order valence-corrected chi connectivity index (χ0v) is 10.8. The van der Waals surface area contributed by atoms with Crippen molar-refractivity contribution in [1.82, 2.24) is 15.7 Å². The van der Waals surface area contributed by atoms with Gasteiger partial charge in [0, 0.05) is 11.4 Å². The second kappa shape index (κ2) is 6.44. The molecule has 5 nitrogen and oxygen atoms in total. The van der Waals surface area contributed by atoms with Crippen molar-refractivity contribution in [2.75, 3.05) is 6.54 Å². The Bertz CT molecular complexity index is 345. The number of thiazole rings is 1. The fourth-order valence-corrected chi connectivity index (χ4v) is 1.78. The monoisotopic (exact) mass is 241 g/mol. The van der Waals surface area contributed by atoms with Crippen molar-refractivity contribution in [3.63, 3.8) is 0 Å². The number of rotatable bonds is 4. The number of nitrogens with one attached hydrogen (secondary N) is 2. The minimum absolute atomic E-state index is 0.559. The molecule has 1 rings (SSSR count). The summed E-state index contributed by atoms with van der Waals surface area (Å²) in [6.45, 7) is 7.72. The number of hydrogen-bond acceptors (Lipinski definition) is 4. The van der Waals surface area contributed by atoms with Gasteiger partial charge in [-0.25, -0.2) is 15.8 Å². The Kier molecular flexibility index (Phi) is 5.21. The van der Waals surface area contributed by atoms with Crippen LogP contribution in [-0.4, -0.2) is 17.5 Å². The molecule has 0 aliphatic carbocycles. The second-order valence-electron chi connectivity index (χ2n) is 3.94. The number of guanidine groups is 1. The first-order chi connectivity index (χ1) is 7.63. The lowest BCUT2D eigenvalue weighted by molar-refractivity contribution is 0.615. The molecule has 6 heteroatoms. The van der Waals surface area contributed by atoms with E-state index in [0.717, 1.165) is 12.2 Å². The Balaban J connectivity index is 2.50. The van der Waals surface area contributed by atoms with E-state index in [1.165, 1.54) is 4.88 Å². The SMILES string of the molecule is Cc1ncsc1CN=C(NN)NCC(C)C. The molecule has 0 aromatic carbocycles. The summed E-state index contributed by atoms with van der Waals surface area (Å²) in [6.07, 6.45) is 0. The lowest BCUT2D eigenvalue weighted by atomic mass is 10.2. The molecule has 0 saturated heterocycles. The van der Waals surface area contributed by atoms with Crippen LogP contribution in [0.5, 0.6) is 0 Å². The second-order valence-corrected chi connectivity index (χ2v) is 4.88. The Hall–Kier alpha value is -1.14. The summed E-state index contributed by atoms with van der Waals surface area (Å²) < 4.78 is 0. The molecule has 0 aliphatic rings. The van der Waals surface area contributed by atoms with E-state index in [-0.39, 0.29) is 0 Å². The average Bonchev–Trinajstić information content (AvgIpc) is 2.64. The van der Waals surface area contributed by atoms with Crippen molar-refractivity contribution in [3.05, 3.63) is 16.1 Å². The summed E-state index contributed by atoms with van der Waals surface area (Å²) in [5.41, 5.74) is 5.43. The molecule has 16 heavy (non-hydrogen) atoms. The van der Waals surface area contributed by atoms with Gasteiger partial charge in [0.05, 0.1) is 17.7 Å². The van der Waals surface area contributed by atoms with E-state index < -0.39 is 0 Å². The van der Waals surface area contributed by atoms with Gasteiger partial charge >= 0.3 is 0 Å². The average molecular weight is 241 g/mol. The molecule has 4 N–H and O–H groups in total. The summed E-state index contributed by atoms with van der Waals surface area (Å²) in [6, 6.07) is 0. The predicted molar refractivity (Wildman–Crippen MR) is 68.2 cm³/mol. The minimum Gasteiger partial charge on any atom is -0.355 e. The fourth-order valence-electron chi connectivity index (χ4n) is 1.08. The normalized spacial score (nSPS) is 11.9. The minimum atomic E-state index is 0.559. The topological polar surface area (TPSA) is 75.3 Å². The van der Waals surface area contributed by atoms with Crippen molar-refractivity contribution in [2.24, 2.45) is 16.8 Å². The summed E-state index contributed by atoms with van der Waals surface area (Å²) in [5, 5.41) is 3.15. The highest BCUT2D eigenvalue weighted by atomic mass is 32.1. The zero-order chi connectivity index (χ0) is 12.0. The van der Waals surface area contributed by atoms with Crippen LogP contribution in [0.2, 0.25) is 0 Å². The molecule has 90 valence electrons. The number of nitrogens with zero attached hydrogens (tertiary/aromatic N) is 2. The van der Waals surface area contributed by atoms with E-state index in [4.69, 9.17) is 5.84 Å². The van der Waals surface area contributed by atoms with E-state index in [9.17, 15) is 0 Å².